The number of benzene rings is 2. The zero-order chi connectivity index (χ0) is 14.8. The van der Waals surface area contributed by atoms with E-state index in [0.717, 1.165) is 29.2 Å². The molecule has 0 unspecified atom stereocenters. The van der Waals surface area contributed by atoms with Crippen molar-refractivity contribution in [2.24, 2.45) is 0 Å². The fourth-order valence-corrected chi connectivity index (χ4v) is 2.72. The predicted octanol–water partition coefficient (Wildman–Crippen LogP) is 4.14. The zero-order valence-electron chi connectivity index (χ0n) is 12.1. The van der Waals surface area contributed by atoms with Crippen LogP contribution in [0.5, 0.6) is 5.75 Å². The molecule has 0 aliphatic carbocycles. The molecule has 0 N–H and O–H groups in total. The molecule has 0 saturated heterocycles. The summed E-state index contributed by atoms with van der Waals surface area (Å²) in [6.45, 7) is 2.82. The van der Waals surface area contributed by atoms with E-state index in [9.17, 15) is 0 Å². The molecular weight excluding hydrogens is 284 g/mol. The number of rotatable bonds is 4. The maximum absolute atomic E-state index is 6.06. The lowest BCUT2D eigenvalue weighted by atomic mass is 10.2. The minimum Gasteiger partial charge on any atom is -0.497 e. The molecule has 1 heterocycles. The van der Waals surface area contributed by atoms with Crippen LogP contribution in [0.15, 0.2) is 42.5 Å². The molecule has 3 nitrogen and oxygen atoms in total. The van der Waals surface area contributed by atoms with Crippen LogP contribution in [0.1, 0.15) is 17.0 Å². The van der Waals surface area contributed by atoms with Gasteiger partial charge in [0.1, 0.15) is 11.6 Å². The number of methoxy groups -OCH3 is 1. The highest BCUT2D eigenvalue weighted by molar-refractivity contribution is 6.16. The third-order valence-corrected chi connectivity index (χ3v) is 3.82. The molecule has 3 rings (SSSR count). The lowest BCUT2D eigenvalue weighted by Gasteiger charge is -2.09. The Kier molecular flexibility index (Phi) is 3.84. The summed E-state index contributed by atoms with van der Waals surface area (Å²) >= 11 is 6.06. The maximum atomic E-state index is 6.06. The Bertz CT molecular complexity index is 780. The van der Waals surface area contributed by atoms with Gasteiger partial charge in [-0.1, -0.05) is 18.2 Å². The maximum Gasteiger partial charge on any atom is 0.125 e. The molecule has 3 aromatic rings. The normalized spacial score (nSPS) is 11.0. The summed E-state index contributed by atoms with van der Waals surface area (Å²) in [4.78, 5) is 4.61. The molecule has 1 aromatic heterocycles. The van der Waals surface area contributed by atoms with Crippen molar-refractivity contribution in [3.8, 4) is 5.75 Å². The monoisotopic (exact) mass is 300 g/mol. The standard InChI is InChI=1S/C17H17ClN2O/c1-12-6-7-15-16(8-12)20(17(10-18)19-15)11-13-4-3-5-14(9-13)21-2/h3-9H,10-11H2,1-2H3. The van der Waals surface area contributed by atoms with Gasteiger partial charge < -0.3 is 9.30 Å². The molecule has 108 valence electrons. The van der Waals surface area contributed by atoms with Crippen LogP contribution in [0, 0.1) is 6.92 Å². The van der Waals surface area contributed by atoms with Crippen molar-refractivity contribution in [1.29, 1.82) is 0 Å². The highest BCUT2D eigenvalue weighted by atomic mass is 35.5. The zero-order valence-corrected chi connectivity index (χ0v) is 12.9. The number of fused-ring (bicyclic) bond motifs is 1. The third-order valence-electron chi connectivity index (χ3n) is 3.58. The van der Waals surface area contributed by atoms with Crippen LogP contribution >= 0.6 is 11.6 Å². The summed E-state index contributed by atoms with van der Waals surface area (Å²) in [5.74, 6) is 2.15. The molecule has 0 saturated carbocycles. The fraction of sp³-hybridized carbons (Fsp3) is 0.235. The summed E-state index contributed by atoms with van der Waals surface area (Å²) in [6, 6.07) is 14.3. The van der Waals surface area contributed by atoms with Gasteiger partial charge in [-0.3, -0.25) is 0 Å². The van der Waals surface area contributed by atoms with Crippen LogP contribution in [0.4, 0.5) is 0 Å². The van der Waals surface area contributed by atoms with Crippen LogP contribution in [0.2, 0.25) is 0 Å². The molecule has 0 radical (unpaired) electrons. The van der Waals surface area contributed by atoms with Crippen molar-refractivity contribution in [3.05, 3.63) is 59.4 Å². The molecule has 2 aromatic carbocycles. The third kappa shape index (κ3) is 2.74. The molecule has 0 fully saturated rings. The quantitative estimate of drug-likeness (QED) is 0.677. The molecule has 0 amide bonds. The largest absolute Gasteiger partial charge is 0.497 e. The van der Waals surface area contributed by atoms with Crippen molar-refractivity contribution in [2.45, 2.75) is 19.3 Å². The number of halogens is 1. The van der Waals surface area contributed by atoms with Crippen molar-refractivity contribution in [2.75, 3.05) is 7.11 Å². The van der Waals surface area contributed by atoms with E-state index in [-0.39, 0.29) is 0 Å². The van der Waals surface area contributed by atoms with Gasteiger partial charge in [-0.15, -0.1) is 11.6 Å². The molecule has 0 aliphatic rings. The van der Waals surface area contributed by atoms with Gasteiger partial charge >= 0.3 is 0 Å². The molecule has 0 spiro atoms. The Hall–Kier alpha value is -2.00. The number of alkyl halides is 1. The van der Waals surface area contributed by atoms with E-state index < -0.39 is 0 Å². The average Bonchev–Trinajstić information content (AvgIpc) is 2.85. The van der Waals surface area contributed by atoms with Crippen molar-refractivity contribution >= 4 is 22.6 Å². The number of imidazole rings is 1. The summed E-state index contributed by atoms with van der Waals surface area (Å²) < 4.78 is 7.46. The van der Waals surface area contributed by atoms with E-state index >= 15 is 0 Å². The Morgan fingerprint density at radius 1 is 1.19 bits per heavy atom. The van der Waals surface area contributed by atoms with E-state index in [2.05, 4.69) is 34.7 Å². The number of hydrogen-bond donors (Lipinski definition) is 0. The minimum absolute atomic E-state index is 0.400. The molecule has 4 heteroatoms. The highest BCUT2D eigenvalue weighted by Gasteiger charge is 2.10. The molecule has 0 aliphatic heterocycles. The van der Waals surface area contributed by atoms with E-state index in [4.69, 9.17) is 16.3 Å². The van der Waals surface area contributed by atoms with Gasteiger partial charge in [-0.25, -0.2) is 4.98 Å². The van der Waals surface area contributed by atoms with Crippen LogP contribution in [0.3, 0.4) is 0 Å². The smallest absolute Gasteiger partial charge is 0.125 e. The fourth-order valence-electron chi connectivity index (χ4n) is 2.51. The summed E-state index contributed by atoms with van der Waals surface area (Å²) in [5.41, 5.74) is 4.49. The van der Waals surface area contributed by atoms with E-state index in [0.29, 0.717) is 5.88 Å². The van der Waals surface area contributed by atoms with Gasteiger partial charge in [0, 0.05) is 6.54 Å². The summed E-state index contributed by atoms with van der Waals surface area (Å²) in [5, 5.41) is 0. The second kappa shape index (κ2) is 5.78. The van der Waals surface area contributed by atoms with Crippen molar-refractivity contribution in [3.63, 3.8) is 0 Å². The van der Waals surface area contributed by atoms with Crippen molar-refractivity contribution in [1.82, 2.24) is 9.55 Å². The van der Waals surface area contributed by atoms with Crippen molar-refractivity contribution < 1.29 is 4.74 Å². The van der Waals surface area contributed by atoms with Gasteiger partial charge in [0.25, 0.3) is 0 Å². The van der Waals surface area contributed by atoms with Crippen LogP contribution in [0.25, 0.3) is 11.0 Å². The Morgan fingerprint density at radius 2 is 2.05 bits per heavy atom. The first kappa shape index (κ1) is 14.0. The average molecular weight is 301 g/mol. The second-order valence-electron chi connectivity index (χ2n) is 5.09. The Balaban J connectivity index is 2.07. The van der Waals surface area contributed by atoms with E-state index in [1.54, 1.807) is 7.11 Å². The number of aromatic nitrogens is 2. The summed E-state index contributed by atoms with van der Waals surface area (Å²) in [6.07, 6.45) is 0. The van der Waals surface area contributed by atoms with Gasteiger partial charge in [0.2, 0.25) is 0 Å². The van der Waals surface area contributed by atoms with Crippen LogP contribution in [-0.2, 0) is 12.4 Å². The molecule has 0 bridgehead atoms. The second-order valence-corrected chi connectivity index (χ2v) is 5.36. The van der Waals surface area contributed by atoms with Crippen LogP contribution < -0.4 is 4.74 Å². The summed E-state index contributed by atoms with van der Waals surface area (Å²) in [7, 11) is 1.68. The number of ether oxygens (including phenoxy) is 1. The van der Waals surface area contributed by atoms with Gasteiger partial charge in [-0.2, -0.15) is 0 Å². The molecule has 0 atom stereocenters. The molecular formula is C17H17ClN2O. The number of nitrogens with zero attached hydrogens (tertiary/aromatic N) is 2. The lowest BCUT2D eigenvalue weighted by molar-refractivity contribution is 0.414. The van der Waals surface area contributed by atoms with Gasteiger partial charge in [0.05, 0.1) is 24.0 Å². The number of hydrogen-bond acceptors (Lipinski definition) is 2. The lowest BCUT2D eigenvalue weighted by Crippen LogP contribution is -2.04. The van der Waals surface area contributed by atoms with E-state index in [1.165, 1.54) is 11.1 Å². The topological polar surface area (TPSA) is 27.1 Å². The van der Waals surface area contributed by atoms with E-state index in [1.807, 2.05) is 24.3 Å². The Morgan fingerprint density at radius 3 is 2.81 bits per heavy atom. The van der Waals surface area contributed by atoms with Gasteiger partial charge in [-0.05, 0) is 42.3 Å². The highest BCUT2D eigenvalue weighted by Crippen LogP contribution is 2.22. The first-order valence-electron chi connectivity index (χ1n) is 6.86. The molecule has 21 heavy (non-hydrogen) atoms. The SMILES string of the molecule is COc1cccc(Cn2c(CCl)nc3ccc(C)cc32)c1. The van der Waals surface area contributed by atoms with Gasteiger partial charge in [0.15, 0.2) is 0 Å². The number of aryl methyl sites for hydroxylation is 1. The Labute approximate surface area is 129 Å². The predicted molar refractivity (Wildman–Crippen MR) is 86.1 cm³/mol. The van der Waals surface area contributed by atoms with Crippen LogP contribution in [-0.4, -0.2) is 16.7 Å². The first-order valence-corrected chi connectivity index (χ1v) is 7.39. The minimum atomic E-state index is 0.400. The first-order chi connectivity index (χ1) is 10.2.